The molecule has 1 rings (SSSR count). The quantitative estimate of drug-likeness (QED) is 0.723. The molecule has 0 saturated heterocycles. The van der Waals surface area contributed by atoms with Gasteiger partial charge in [-0.25, -0.2) is 0 Å². The van der Waals surface area contributed by atoms with Crippen LogP contribution in [0.25, 0.3) is 0 Å². The topological polar surface area (TPSA) is 12.0 Å². The van der Waals surface area contributed by atoms with Crippen LogP contribution >= 0.6 is 11.6 Å². The molecule has 0 spiro atoms. The first kappa shape index (κ1) is 10.9. The van der Waals surface area contributed by atoms with Gasteiger partial charge in [-0.1, -0.05) is 29.8 Å². The second kappa shape index (κ2) is 5.51. The van der Waals surface area contributed by atoms with E-state index in [1.807, 2.05) is 30.3 Å². The highest BCUT2D eigenvalue weighted by molar-refractivity contribution is 6.30. The van der Waals surface area contributed by atoms with Crippen LogP contribution in [0.3, 0.4) is 0 Å². The predicted octanol–water partition coefficient (Wildman–Crippen LogP) is 3.88. The highest BCUT2D eigenvalue weighted by Crippen LogP contribution is 2.13. The Morgan fingerprint density at radius 1 is 1.36 bits per heavy atom. The second-order valence-corrected chi connectivity index (χ2v) is 3.54. The van der Waals surface area contributed by atoms with Gasteiger partial charge in [0.05, 0.1) is 0 Å². The summed E-state index contributed by atoms with van der Waals surface area (Å²) in [6, 6.07) is 7.62. The molecule has 0 heterocycles. The molecule has 14 heavy (non-hydrogen) atoms. The van der Waals surface area contributed by atoms with Crippen LogP contribution in [0.5, 0.6) is 0 Å². The third-order valence-electron chi connectivity index (χ3n) is 1.82. The van der Waals surface area contributed by atoms with Crippen molar-refractivity contribution < 1.29 is 0 Å². The molecule has 0 aliphatic carbocycles. The van der Waals surface area contributed by atoms with Crippen LogP contribution in [0.15, 0.2) is 49.1 Å². The van der Waals surface area contributed by atoms with Gasteiger partial charge in [-0.3, -0.25) is 0 Å². The van der Waals surface area contributed by atoms with Crippen LogP contribution in [0.4, 0.5) is 5.69 Å². The number of nitrogens with one attached hydrogen (secondary N) is 1. The van der Waals surface area contributed by atoms with E-state index in [4.69, 9.17) is 11.6 Å². The molecule has 74 valence electrons. The first-order chi connectivity index (χ1) is 6.72. The molecule has 1 N–H and O–H groups in total. The second-order valence-electron chi connectivity index (χ2n) is 3.10. The summed E-state index contributed by atoms with van der Waals surface area (Å²) >= 11 is 5.77. The van der Waals surface area contributed by atoms with E-state index in [-0.39, 0.29) is 0 Å². The highest BCUT2D eigenvalue weighted by Gasteiger charge is 1.93. The SMILES string of the molecule is C=CCC(=C)CNc1ccc(Cl)cc1. The van der Waals surface area contributed by atoms with E-state index in [1.165, 1.54) is 0 Å². The standard InChI is InChI=1S/C12H14ClN/c1-3-4-10(2)9-14-12-7-5-11(13)6-8-12/h3,5-8,14H,1-2,4,9H2. The average molecular weight is 208 g/mol. The van der Waals surface area contributed by atoms with E-state index >= 15 is 0 Å². The monoisotopic (exact) mass is 207 g/mol. The number of benzene rings is 1. The fraction of sp³-hybridized carbons (Fsp3) is 0.167. The first-order valence-corrected chi connectivity index (χ1v) is 4.87. The Bertz CT molecular complexity index is 314. The number of hydrogen-bond donors (Lipinski definition) is 1. The number of rotatable bonds is 5. The average Bonchev–Trinajstić information content (AvgIpc) is 2.17. The Balaban J connectivity index is 2.41. The van der Waals surface area contributed by atoms with Crippen molar-refractivity contribution in [2.75, 3.05) is 11.9 Å². The van der Waals surface area contributed by atoms with Crippen LogP contribution < -0.4 is 5.32 Å². The first-order valence-electron chi connectivity index (χ1n) is 4.49. The Morgan fingerprint density at radius 2 is 2.00 bits per heavy atom. The van der Waals surface area contributed by atoms with Gasteiger partial charge < -0.3 is 5.32 Å². The molecular formula is C12H14ClN. The molecule has 2 heteroatoms. The highest BCUT2D eigenvalue weighted by atomic mass is 35.5. The van der Waals surface area contributed by atoms with Gasteiger partial charge in [0.25, 0.3) is 0 Å². The summed E-state index contributed by atoms with van der Waals surface area (Å²) in [5, 5.41) is 4.00. The third-order valence-corrected chi connectivity index (χ3v) is 2.07. The summed E-state index contributed by atoms with van der Waals surface area (Å²) in [6.07, 6.45) is 2.70. The maximum atomic E-state index is 5.77. The van der Waals surface area contributed by atoms with Gasteiger partial charge in [0.15, 0.2) is 0 Å². The van der Waals surface area contributed by atoms with Crippen LogP contribution in [0, 0.1) is 0 Å². The summed E-state index contributed by atoms with van der Waals surface area (Å²) in [5.41, 5.74) is 2.18. The smallest absolute Gasteiger partial charge is 0.0407 e. The normalized spacial score (nSPS) is 9.50. The Morgan fingerprint density at radius 3 is 2.57 bits per heavy atom. The number of anilines is 1. The molecule has 1 aromatic carbocycles. The minimum Gasteiger partial charge on any atom is -0.381 e. The molecule has 0 amide bonds. The van der Waals surface area contributed by atoms with E-state index < -0.39 is 0 Å². The third kappa shape index (κ3) is 3.67. The van der Waals surface area contributed by atoms with Gasteiger partial charge in [0.2, 0.25) is 0 Å². The van der Waals surface area contributed by atoms with E-state index in [0.717, 1.165) is 29.2 Å². The molecule has 0 saturated carbocycles. The zero-order valence-electron chi connectivity index (χ0n) is 8.09. The number of allylic oxidation sites excluding steroid dienone is 1. The summed E-state index contributed by atoms with van der Waals surface area (Å²) in [4.78, 5) is 0. The Kier molecular flexibility index (Phi) is 4.27. The molecular weight excluding hydrogens is 194 g/mol. The van der Waals surface area contributed by atoms with Crippen molar-refractivity contribution in [3.63, 3.8) is 0 Å². The summed E-state index contributed by atoms with van der Waals surface area (Å²) < 4.78 is 0. The van der Waals surface area contributed by atoms with Crippen molar-refractivity contribution in [3.05, 3.63) is 54.1 Å². The van der Waals surface area contributed by atoms with Crippen molar-refractivity contribution in [1.29, 1.82) is 0 Å². The van der Waals surface area contributed by atoms with Crippen LogP contribution in [0.2, 0.25) is 5.02 Å². The van der Waals surface area contributed by atoms with E-state index in [0.29, 0.717) is 0 Å². The molecule has 0 radical (unpaired) electrons. The summed E-state index contributed by atoms with van der Waals surface area (Å²) in [6.45, 7) is 8.35. The maximum absolute atomic E-state index is 5.77. The number of halogens is 1. The molecule has 0 aromatic heterocycles. The van der Waals surface area contributed by atoms with Gasteiger partial charge in [0, 0.05) is 17.3 Å². The van der Waals surface area contributed by atoms with Crippen molar-refractivity contribution in [2.24, 2.45) is 0 Å². The Hall–Kier alpha value is -1.21. The van der Waals surface area contributed by atoms with E-state index in [2.05, 4.69) is 18.5 Å². The van der Waals surface area contributed by atoms with Crippen molar-refractivity contribution in [2.45, 2.75) is 6.42 Å². The fourth-order valence-corrected chi connectivity index (χ4v) is 1.20. The molecule has 0 bridgehead atoms. The summed E-state index contributed by atoms with van der Waals surface area (Å²) in [5.74, 6) is 0. The van der Waals surface area contributed by atoms with E-state index in [9.17, 15) is 0 Å². The van der Waals surface area contributed by atoms with Gasteiger partial charge >= 0.3 is 0 Å². The zero-order valence-corrected chi connectivity index (χ0v) is 8.85. The van der Waals surface area contributed by atoms with Crippen molar-refractivity contribution >= 4 is 17.3 Å². The van der Waals surface area contributed by atoms with E-state index in [1.54, 1.807) is 0 Å². The lowest BCUT2D eigenvalue weighted by Gasteiger charge is -2.07. The van der Waals surface area contributed by atoms with Crippen molar-refractivity contribution in [1.82, 2.24) is 0 Å². The minimum absolute atomic E-state index is 0.750. The largest absolute Gasteiger partial charge is 0.381 e. The fourth-order valence-electron chi connectivity index (χ4n) is 1.07. The lowest BCUT2D eigenvalue weighted by Crippen LogP contribution is -2.02. The predicted molar refractivity (Wildman–Crippen MR) is 63.9 cm³/mol. The van der Waals surface area contributed by atoms with Crippen molar-refractivity contribution in [3.8, 4) is 0 Å². The molecule has 1 aromatic rings. The van der Waals surface area contributed by atoms with Crippen LogP contribution in [-0.2, 0) is 0 Å². The van der Waals surface area contributed by atoms with Gasteiger partial charge in [-0.2, -0.15) is 0 Å². The van der Waals surface area contributed by atoms with Gasteiger partial charge in [-0.15, -0.1) is 6.58 Å². The minimum atomic E-state index is 0.750. The lowest BCUT2D eigenvalue weighted by atomic mass is 10.2. The summed E-state index contributed by atoms with van der Waals surface area (Å²) in [7, 11) is 0. The molecule has 1 nitrogen and oxygen atoms in total. The molecule has 0 unspecified atom stereocenters. The van der Waals surface area contributed by atoms with Gasteiger partial charge in [-0.05, 0) is 30.7 Å². The van der Waals surface area contributed by atoms with Crippen LogP contribution in [0.1, 0.15) is 6.42 Å². The molecule has 0 atom stereocenters. The number of hydrogen-bond acceptors (Lipinski definition) is 1. The zero-order chi connectivity index (χ0) is 10.4. The molecule has 0 aliphatic heterocycles. The lowest BCUT2D eigenvalue weighted by molar-refractivity contribution is 1.13. The molecule has 0 fully saturated rings. The maximum Gasteiger partial charge on any atom is 0.0407 e. The molecule has 0 aliphatic rings. The van der Waals surface area contributed by atoms with Crippen LogP contribution in [-0.4, -0.2) is 6.54 Å². The van der Waals surface area contributed by atoms with Gasteiger partial charge in [0.1, 0.15) is 0 Å². The Labute approximate surface area is 90.1 Å².